The van der Waals surface area contributed by atoms with Gasteiger partial charge in [-0.25, -0.2) is 0 Å². The number of benzene rings is 2. The van der Waals surface area contributed by atoms with Gasteiger partial charge in [-0.05, 0) is 108 Å². The van der Waals surface area contributed by atoms with Crippen molar-refractivity contribution in [1.82, 2.24) is 39.9 Å². The number of rotatable bonds is 6. The van der Waals surface area contributed by atoms with Crippen molar-refractivity contribution in [2.24, 2.45) is 0 Å². The van der Waals surface area contributed by atoms with E-state index in [0.29, 0.717) is 0 Å². The third-order valence-corrected chi connectivity index (χ3v) is 8.39. The second-order valence-corrected chi connectivity index (χ2v) is 13.5. The molecule has 4 radical (unpaired) electrons. The van der Waals surface area contributed by atoms with Crippen LogP contribution in [0.3, 0.4) is 0 Å². The predicted octanol–water partition coefficient (Wildman–Crippen LogP) is 0.687. The Hall–Kier alpha value is -9.42. The van der Waals surface area contributed by atoms with Crippen molar-refractivity contribution in [3.63, 3.8) is 0 Å². The fourth-order valence-corrected chi connectivity index (χ4v) is 5.26. The molecule has 0 atom stereocenters. The molecular weight excluding hydrogens is 1390 g/mol. The van der Waals surface area contributed by atoms with Crippen molar-refractivity contribution in [3.05, 3.63) is 298 Å². The van der Waals surface area contributed by atoms with E-state index in [2.05, 4.69) is 39.9 Å². The standard InChI is InChI=1S/4C10H8N2.2C7H6O2.4Cu.2NO3.12H2O/c4*1-3-7-11-9(5-1)10-6-2-4-8-12-10;2*8-7(9)6-4-2-1-3-5-6;;;;;2*2-1(3)4;;;;;;;;;;;;/h4*1-8H;2*1-5H,(H,8,9);;;;;;;12*1H2/q;;;;;;4*+2;2*-1;;;;;;;;;;;;/p-4. The molecule has 32 nitrogen and oxygen atoms in total. The molecule has 0 unspecified atom stereocenters. The van der Waals surface area contributed by atoms with E-state index in [1.807, 2.05) is 146 Å². The fourth-order valence-electron chi connectivity index (χ4n) is 5.26. The van der Waals surface area contributed by atoms with Crippen LogP contribution in [0.2, 0.25) is 0 Å². The third kappa shape index (κ3) is 52.9. The first-order chi connectivity index (χ1) is 35.9. The summed E-state index contributed by atoms with van der Waals surface area (Å²) >= 11 is 0. The Kier molecular flexibility index (Phi) is 92.2. The van der Waals surface area contributed by atoms with Crippen LogP contribution in [-0.4, -0.2) is 117 Å². The van der Waals surface area contributed by atoms with Crippen LogP contribution in [0.15, 0.2) is 256 Å². The monoisotopic (exact) mass is 1460 g/mol. The second kappa shape index (κ2) is 72.1. The molecule has 2 aromatic carbocycles. The predicted molar refractivity (Wildman–Crippen MR) is 311 cm³/mol. The van der Waals surface area contributed by atoms with Crippen molar-refractivity contribution in [3.8, 4) is 45.6 Å². The molecule has 36 heteroatoms. The topological polar surface area (TPSA) is 691 Å². The summed E-state index contributed by atoms with van der Waals surface area (Å²) in [6.45, 7) is 0. The molecule has 0 aliphatic rings. The summed E-state index contributed by atoms with van der Waals surface area (Å²) in [6, 6.07) is 62.5. The van der Waals surface area contributed by atoms with E-state index in [9.17, 15) is 19.8 Å². The van der Waals surface area contributed by atoms with Crippen LogP contribution in [0.5, 0.6) is 0 Å². The first-order valence-electron chi connectivity index (χ1n) is 21.4. The minimum absolute atomic E-state index is 0. The van der Waals surface area contributed by atoms with Gasteiger partial charge in [-0.15, -0.1) is 0 Å². The van der Waals surface area contributed by atoms with Crippen molar-refractivity contribution in [2.45, 2.75) is 0 Å². The van der Waals surface area contributed by atoms with Gasteiger partial charge < -0.3 is 116 Å². The summed E-state index contributed by atoms with van der Waals surface area (Å²) in [7, 11) is 0. The molecule has 504 valence electrons. The molecule has 22 N–H and O–H groups in total. The molecule has 0 amide bonds. The Morgan fingerprint density at radius 1 is 0.256 bits per heavy atom. The van der Waals surface area contributed by atoms with Crippen molar-refractivity contribution < 1.29 is 164 Å². The van der Waals surface area contributed by atoms with Gasteiger partial charge in [-0.1, -0.05) is 109 Å². The molecule has 8 heterocycles. The molecule has 0 saturated carbocycles. The molecule has 90 heavy (non-hydrogen) atoms. The van der Waals surface area contributed by atoms with Crippen LogP contribution < -0.4 is 10.2 Å². The van der Waals surface area contributed by atoms with E-state index >= 15 is 0 Å². The van der Waals surface area contributed by atoms with E-state index in [1.54, 1.807) is 86.0 Å². The maximum Gasteiger partial charge on any atom is 2.00 e. The van der Waals surface area contributed by atoms with Crippen molar-refractivity contribution >= 4 is 11.9 Å². The smallest absolute Gasteiger partial charge is 0.870 e. The number of pyridine rings is 8. The maximum absolute atomic E-state index is 10.1. The molecule has 8 aromatic heterocycles. The molecule has 10 aromatic rings. The van der Waals surface area contributed by atoms with Crippen LogP contribution >= 0.6 is 0 Å². The number of aromatic carboxylic acids is 2. The quantitative estimate of drug-likeness (QED) is 0.0956. The number of carbonyl (C=O) groups is 2. The zero-order valence-corrected chi connectivity index (χ0v) is 49.7. The zero-order valence-electron chi connectivity index (χ0n) is 46.0. The van der Waals surface area contributed by atoms with Gasteiger partial charge in [0.25, 0.3) is 0 Å². The molecule has 0 bridgehead atoms. The van der Waals surface area contributed by atoms with Crippen LogP contribution in [0.25, 0.3) is 45.6 Å². The minimum Gasteiger partial charge on any atom is -0.870 e. The van der Waals surface area contributed by atoms with E-state index in [-0.39, 0.29) is 145 Å². The summed E-state index contributed by atoms with van der Waals surface area (Å²) in [5.41, 5.74) is 7.76. The normalized spacial score (nSPS) is 7.47. The van der Waals surface area contributed by atoms with Crippen LogP contribution in [0, 0.1) is 30.6 Å². The Morgan fingerprint density at radius 3 is 0.444 bits per heavy atom. The van der Waals surface area contributed by atoms with Crippen LogP contribution in [0.1, 0.15) is 20.7 Å². The number of carbonyl (C=O) groups excluding carboxylic acids is 2. The number of hydrogen-bond donors (Lipinski definition) is 0. The van der Waals surface area contributed by atoms with Gasteiger partial charge in [-0.3, -0.25) is 39.9 Å². The summed E-state index contributed by atoms with van der Waals surface area (Å²) in [6.07, 6.45) is 14.1. The average Bonchev–Trinajstić information content (AvgIpc) is 3.16. The zero-order chi connectivity index (χ0) is 53.4. The first kappa shape index (κ1) is 115. The second-order valence-electron chi connectivity index (χ2n) is 13.5. The van der Waals surface area contributed by atoms with Gasteiger partial charge in [-0.2, -0.15) is 0 Å². The van der Waals surface area contributed by atoms with E-state index < -0.39 is 22.1 Å². The summed E-state index contributed by atoms with van der Waals surface area (Å²) < 4.78 is 0. The molecule has 0 spiro atoms. The van der Waals surface area contributed by atoms with Gasteiger partial charge in [0.1, 0.15) is 0 Å². The molecule has 0 fully saturated rings. The van der Waals surface area contributed by atoms with Gasteiger partial charge in [0.15, 0.2) is 0 Å². The summed E-state index contributed by atoms with van der Waals surface area (Å²) in [4.78, 5) is 70.2. The van der Waals surface area contributed by atoms with Gasteiger partial charge >= 0.3 is 68.3 Å². The van der Waals surface area contributed by atoms with Crippen LogP contribution in [0.4, 0.5) is 0 Å². The molecule has 0 aliphatic carbocycles. The third-order valence-electron chi connectivity index (χ3n) is 8.39. The maximum atomic E-state index is 10.1. The number of aromatic nitrogens is 8. The number of carboxylic acid groups (broad SMARTS) is 2. The number of hydrogen-bond acceptors (Lipinski definition) is 22. The van der Waals surface area contributed by atoms with E-state index in [1.165, 1.54) is 24.3 Å². The SMILES string of the molecule is O.O.O.O.O.O.O=C([O-])c1ccccc1.O=C([O-])c1ccccc1.O=[N+]([O-])[O-].O=[N+]([O-])[O-].[Cu+2].[Cu+2].[Cu+2].[Cu+2].[OH-].[OH-].[OH-].[OH-].[OH3+].[OH3+].c1ccc(-c2ccccn2)nc1.c1ccc(-c2ccccn2)nc1.c1ccc(-c2ccccn2)nc1.c1ccc(-c2ccccn2)nc1. The molecule has 0 aliphatic heterocycles. The van der Waals surface area contributed by atoms with Gasteiger partial charge in [0, 0.05) is 49.6 Å². The fraction of sp³-hybridized carbons (Fsp3) is 0. The van der Waals surface area contributed by atoms with Crippen molar-refractivity contribution in [2.75, 3.05) is 0 Å². The average molecular weight is 1460 g/mol. The van der Waals surface area contributed by atoms with Gasteiger partial charge in [0.2, 0.25) is 0 Å². The van der Waals surface area contributed by atoms with Crippen molar-refractivity contribution in [1.29, 1.82) is 0 Å². The summed E-state index contributed by atoms with van der Waals surface area (Å²) in [5.74, 6) is -2.26. The molecule has 0 saturated heterocycles. The van der Waals surface area contributed by atoms with E-state index in [4.69, 9.17) is 30.6 Å². The van der Waals surface area contributed by atoms with Gasteiger partial charge in [0.05, 0.1) is 67.7 Å². The molecular formula is C54H64Cu4N10O22+2. The molecule has 10 rings (SSSR count). The minimum atomic E-state index is -1.75. The largest absolute Gasteiger partial charge is 2.00 e. The number of nitrogens with zero attached hydrogens (tertiary/aromatic N) is 10. The Bertz CT molecular complexity index is 2580. The Labute approximate surface area is 555 Å². The Balaban J connectivity index is -0.0000000607. The Morgan fingerprint density at radius 2 is 0.367 bits per heavy atom. The number of carboxylic acids is 2. The van der Waals surface area contributed by atoms with Crippen LogP contribution in [-0.2, 0) is 79.2 Å². The first-order valence-corrected chi connectivity index (χ1v) is 21.4. The summed E-state index contributed by atoms with van der Waals surface area (Å²) in [5, 5.41) is 49.7. The van der Waals surface area contributed by atoms with E-state index in [0.717, 1.165) is 45.6 Å².